The van der Waals surface area contributed by atoms with Gasteiger partial charge >= 0.3 is 0 Å². The molecular weight excluding hydrogens is 314 g/mol. The summed E-state index contributed by atoms with van der Waals surface area (Å²) in [5, 5.41) is 4.13. The molecule has 4 rings (SSSR count). The van der Waals surface area contributed by atoms with Crippen LogP contribution in [0, 0.1) is 0 Å². The number of carbonyl (C=O) groups is 1. The van der Waals surface area contributed by atoms with Gasteiger partial charge in [0.25, 0.3) is 0 Å². The lowest BCUT2D eigenvalue weighted by atomic mass is 10.1. The zero-order chi connectivity index (χ0) is 17.2. The molecular formula is C20H19N3O2. The van der Waals surface area contributed by atoms with Crippen LogP contribution < -0.4 is 10.1 Å². The lowest BCUT2D eigenvalue weighted by Gasteiger charge is -2.09. The Morgan fingerprint density at radius 1 is 1.32 bits per heavy atom. The first-order valence-electron chi connectivity index (χ1n) is 8.31. The van der Waals surface area contributed by atoms with Gasteiger partial charge in [-0.15, -0.1) is 0 Å². The van der Waals surface area contributed by atoms with E-state index in [0.717, 1.165) is 46.3 Å². The Hall–Kier alpha value is -3.08. The lowest BCUT2D eigenvalue weighted by molar-refractivity contribution is -0.117. The summed E-state index contributed by atoms with van der Waals surface area (Å²) in [7, 11) is 1.64. The van der Waals surface area contributed by atoms with Gasteiger partial charge in [0, 0.05) is 35.5 Å². The van der Waals surface area contributed by atoms with E-state index in [1.165, 1.54) is 5.56 Å². The van der Waals surface area contributed by atoms with Gasteiger partial charge in [-0.1, -0.05) is 12.1 Å². The fraction of sp³-hybridized carbons (Fsp3) is 0.200. The van der Waals surface area contributed by atoms with Gasteiger partial charge in [-0.2, -0.15) is 0 Å². The molecule has 25 heavy (non-hydrogen) atoms. The van der Waals surface area contributed by atoms with E-state index in [9.17, 15) is 4.79 Å². The summed E-state index contributed by atoms with van der Waals surface area (Å²) in [6, 6.07) is 9.75. The molecule has 0 unspecified atom stereocenters. The van der Waals surface area contributed by atoms with Crippen LogP contribution in [0.2, 0.25) is 0 Å². The normalized spacial score (nSPS) is 13.2. The number of H-pyrrole nitrogens is 1. The maximum Gasteiger partial charge on any atom is 0.247 e. The minimum absolute atomic E-state index is 0.0297. The van der Waals surface area contributed by atoms with E-state index in [2.05, 4.69) is 15.3 Å². The maximum atomic E-state index is 12.6. The number of rotatable bonds is 4. The Balaban J connectivity index is 1.53. The van der Waals surface area contributed by atoms with E-state index in [0.29, 0.717) is 6.54 Å². The van der Waals surface area contributed by atoms with Crippen molar-refractivity contribution in [3.8, 4) is 5.75 Å². The summed E-state index contributed by atoms with van der Waals surface area (Å²) in [6.45, 7) is 0.477. The molecule has 0 aliphatic heterocycles. The van der Waals surface area contributed by atoms with Crippen LogP contribution in [0.25, 0.3) is 17.1 Å². The number of methoxy groups -OCH3 is 1. The average molecular weight is 333 g/mol. The van der Waals surface area contributed by atoms with E-state index in [-0.39, 0.29) is 5.91 Å². The number of pyridine rings is 1. The summed E-state index contributed by atoms with van der Waals surface area (Å²) >= 11 is 0. The number of aromatic nitrogens is 2. The van der Waals surface area contributed by atoms with Gasteiger partial charge < -0.3 is 15.0 Å². The Morgan fingerprint density at radius 2 is 2.24 bits per heavy atom. The molecule has 126 valence electrons. The Labute approximate surface area is 145 Å². The Morgan fingerprint density at radius 3 is 3.12 bits per heavy atom. The topological polar surface area (TPSA) is 67.0 Å². The third-order valence-electron chi connectivity index (χ3n) is 4.56. The van der Waals surface area contributed by atoms with Crippen LogP contribution in [-0.4, -0.2) is 23.0 Å². The SMILES string of the molecule is COc1cccc(CNC(=O)C2=Cc3c[nH]c4nccc(c34)CC2)c1. The Bertz CT molecular complexity index is 972. The smallest absolute Gasteiger partial charge is 0.247 e. The molecule has 1 amide bonds. The van der Waals surface area contributed by atoms with Crippen molar-refractivity contribution in [1.82, 2.24) is 15.3 Å². The highest BCUT2D eigenvalue weighted by atomic mass is 16.5. The van der Waals surface area contributed by atoms with Crippen molar-refractivity contribution in [1.29, 1.82) is 0 Å². The molecule has 2 heterocycles. The molecule has 1 aliphatic carbocycles. The number of carbonyl (C=O) groups excluding carboxylic acids is 1. The summed E-state index contributed by atoms with van der Waals surface area (Å²) < 4.78 is 5.22. The molecule has 0 bridgehead atoms. The molecule has 5 heteroatoms. The van der Waals surface area contributed by atoms with Crippen LogP contribution in [0.3, 0.4) is 0 Å². The average Bonchev–Trinajstić information content (AvgIpc) is 2.96. The minimum atomic E-state index is -0.0297. The number of benzene rings is 1. The second-order valence-corrected chi connectivity index (χ2v) is 6.14. The Kier molecular flexibility index (Phi) is 3.98. The standard InChI is InChI=1S/C20H19N3O2/c1-25-17-4-2-3-13(9-17)11-23-20(24)15-6-5-14-7-8-21-19-18(14)16(10-15)12-22-19/h2-4,7-10,12H,5-6,11H2,1H3,(H,21,22)(H,23,24). The van der Waals surface area contributed by atoms with Gasteiger partial charge in [-0.05, 0) is 48.2 Å². The fourth-order valence-electron chi connectivity index (χ4n) is 3.26. The van der Waals surface area contributed by atoms with Crippen molar-refractivity contribution in [2.24, 2.45) is 0 Å². The molecule has 0 radical (unpaired) electrons. The van der Waals surface area contributed by atoms with Crippen molar-refractivity contribution in [3.63, 3.8) is 0 Å². The monoisotopic (exact) mass is 333 g/mol. The predicted octanol–water partition coefficient (Wildman–Crippen LogP) is 3.22. The molecule has 1 aromatic carbocycles. The minimum Gasteiger partial charge on any atom is -0.497 e. The van der Waals surface area contributed by atoms with Crippen LogP contribution in [0.4, 0.5) is 0 Å². The number of hydrogen-bond donors (Lipinski definition) is 2. The third-order valence-corrected chi connectivity index (χ3v) is 4.56. The van der Waals surface area contributed by atoms with Crippen molar-refractivity contribution in [2.75, 3.05) is 7.11 Å². The van der Waals surface area contributed by atoms with Crippen LogP contribution in [-0.2, 0) is 17.8 Å². The number of amides is 1. The first-order chi connectivity index (χ1) is 12.2. The zero-order valence-electron chi connectivity index (χ0n) is 14.0. The molecule has 5 nitrogen and oxygen atoms in total. The summed E-state index contributed by atoms with van der Waals surface area (Å²) in [6.07, 6.45) is 7.26. The maximum absolute atomic E-state index is 12.6. The van der Waals surface area contributed by atoms with Crippen molar-refractivity contribution in [3.05, 3.63) is 65.0 Å². The van der Waals surface area contributed by atoms with E-state index in [1.54, 1.807) is 7.11 Å². The van der Waals surface area contributed by atoms with Crippen LogP contribution >= 0.6 is 0 Å². The highest BCUT2D eigenvalue weighted by Crippen LogP contribution is 2.29. The predicted molar refractivity (Wildman–Crippen MR) is 97.2 cm³/mol. The molecule has 0 saturated carbocycles. The van der Waals surface area contributed by atoms with E-state index in [1.807, 2.05) is 48.8 Å². The summed E-state index contributed by atoms with van der Waals surface area (Å²) in [5.41, 5.74) is 4.94. The third kappa shape index (κ3) is 3.01. The number of aromatic amines is 1. The van der Waals surface area contributed by atoms with E-state index in [4.69, 9.17) is 4.74 Å². The largest absolute Gasteiger partial charge is 0.497 e. The molecule has 1 aliphatic rings. The molecule has 0 atom stereocenters. The van der Waals surface area contributed by atoms with Crippen molar-refractivity contribution >= 4 is 23.0 Å². The van der Waals surface area contributed by atoms with Gasteiger partial charge in [0.05, 0.1) is 7.11 Å². The second-order valence-electron chi connectivity index (χ2n) is 6.14. The molecule has 3 aromatic rings. The van der Waals surface area contributed by atoms with Gasteiger partial charge in [-0.3, -0.25) is 4.79 Å². The number of aryl methyl sites for hydroxylation is 1. The number of hydrogen-bond acceptors (Lipinski definition) is 3. The van der Waals surface area contributed by atoms with Gasteiger partial charge in [0.2, 0.25) is 5.91 Å². The van der Waals surface area contributed by atoms with Gasteiger partial charge in [0.1, 0.15) is 11.4 Å². The first-order valence-corrected chi connectivity index (χ1v) is 8.31. The highest BCUT2D eigenvalue weighted by molar-refractivity contribution is 6.01. The van der Waals surface area contributed by atoms with Crippen LogP contribution in [0.15, 0.2) is 48.3 Å². The van der Waals surface area contributed by atoms with Gasteiger partial charge in [0.15, 0.2) is 0 Å². The molecule has 2 aromatic heterocycles. The lowest BCUT2D eigenvalue weighted by Crippen LogP contribution is -2.24. The summed E-state index contributed by atoms with van der Waals surface area (Å²) in [5.74, 6) is 0.760. The summed E-state index contributed by atoms with van der Waals surface area (Å²) in [4.78, 5) is 20.2. The molecule has 0 fully saturated rings. The van der Waals surface area contributed by atoms with Crippen LogP contribution in [0.1, 0.15) is 23.1 Å². The highest BCUT2D eigenvalue weighted by Gasteiger charge is 2.17. The van der Waals surface area contributed by atoms with Crippen LogP contribution in [0.5, 0.6) is 5.75 Å². The fourth-order valence-corrected chi connectivity index (χ4v) is 3.26. The van der Waals surface area contributed by atoms with E-state index < -0.39 is 0 Å². The van der Waals surface area contributed by atoms with Crippen molar-refractivity contribution in [2.45, 2.75) is 19.4 Å². The van der Waals surface area contributed by atoms with Gasteiger partial charge in [-0.25, -0.2) is 4.98 Å². The number of nitrogens with one attached hydrogen (secondary N) is 2. The quantitative estimate of drug-likeness (QED) is 0.770. The molecule has 2 N–H and O–H groups in total. The molecule has 0 saturated heterocycles. The van der Waals surface area contributed by atoms with Crippen molar-refractivity contribution < 1.29 is 9.53 Å². The molecule has 0 spiro atoms. The number of nitrogens with zero attached hydrogens (tertiary/aromatic N) is 1. The number of ether oxygens (including phenoxy) is 1. The van der Waals surface area contributed by atoms with E-state index >= 15 is 0 Å². The second kappa shape index (κ2) is 6.43. The first kappa shape index (κ1) is 15.4. The zero-order valence-corrected chi connectivity index (χ0v) is 14.0.